The summed E-state index contributed by atoms with van der Waals surface area (Å²) in [6.07, 6.45) is 1.71. The first kappa shape index (κ1) is 13.4. The van der Waals surface area contributed by atoms with Gasteiger partial charge >= 0.3 is 7.25 Å². The molecule has 2 aromatic carbocycles. The van der Waals surface area contributed by atoms with E-state index >= 15 is 0 Å². The van der Waals surface area contributed by atoms with Crippen LogP contribution in [0.5, 0.6) is 0 Å². The van der Waals surface area contributed by atoms with E-state index in [4.69, 9.17) is 0 Å². The number of hydrogen-bond donors (Lipinski definition) is 3. The minimum absolute atomic E-state index is 0.675. The summed E-state index contributed by atoms with van der Waals surface area (Å²) < 4.78 is 0. The van der Waals surface area contributed by atoms with Crippen molar-refractivity contribution in [3.63, 3.8) is 0 Å². The third-order valence-corrected chi connectivity index (χ3v) is 3.15. The molecule has 0 unspecified atom stereocenters. The molecule has 1 heterocycles. The molecule has 1 aliphatic heterocycles. The molecule has 2 aromatic rings. The van der Waals surface area contributed by atoms with Crippen LogP contribution in [0.3, 0.4) is 0 Å². The number of rotatable bonds is 3. The van der Waals surface area contributed by atoms with Gasteiger partial charge in [-0.05, 0) is 5.56 Å². The lowest BCUT2D eigenvalue weighted by atomic mass is 9.96. The maximum atomic E-state index is 9.28. The molecule has 0 spiro atoms. The van der Waals surface area contributed by atoms with Gasteiger partial charge in [0.1, 0.15) is 5.71 Å². The topological polar surface area (TPSA) is 68.1 Å². The van der Waals surface area contributed by atoms with Crippen LogP contribution in [0.15, 0.2) is 72.0 Å². The molecule has 0 aromatic heterocycles. The zero-order valence-electron chi connectivity index (χ0n) is 11.2. The third-order valence-electron chi connectivity index (χ3n) is 3.15. The Labute approximate surface area is 123 Å². The number of hydrogen-bond acceptors (Lipinski definition) is 5. The first-order valence-corrected chi connectivity index (χ1v) is 6.57. The zero-order chi connectivity index (χ0) is 14.7. The Bertz CT molecular complexity index is 672. The molecule has 5 nitrogen and oxygen atoms in total. The maximum absolute atomic E-state index is 9.28. The Kier molecular flexibility index (Phi) is 3.72. The molecule has 0 atom stereocenters. The van der Waals surface area contributed by atoms with Crippen molar-refractivity contribution >= 4 is 18.5 Å². The van der Waals surface area contributed by atoms with Crippen molar-refractivity contribution in [2.24, 2.45) is 5.10 Å². The van der Waals surface area contributed by atoms with Gasteiger partial charge in [-0.15, -0.1) is 0 Å². The smallest absolute Gasteiger partial charge is 0.406 e. The second kappa shape index (κ2) is 5.82. The molecular weight excluding hydrogens is 265 g/mol. The molecule has 6 heteroatoms. The monoisotopic (exact) mass is 279 g/mol. The van der Waals surface area contributed by atoms with Gasteiger partial charge in [0.25, 0.3) is 0 Å². The quantitative estimate of drug-likeness (QED) is 0.739. The van der Waals surface area contributed by atoms with Crippen molar-refractivity contribution in [2.75, 3.05) is 0 Å². The van der Waals surface area contributed by atoms with Crippen molar-refractivity contribution in [1.29, 1.82) is 0 Å². The van der Waals surface area contributed by atoms with Crippen molar-refractivity contribution in [2.45, 2.75) is 0 Å². The highest BCUT2D eigenvalue weighted by molar-refractivity contribution is 6.39. The highest BCUT2D eigenvalue weighted by atomic mass is 16.4. The van der Waals surface area contributed by atoms with Gasteiger partial charge in [0, 0.05) is 17.3 Å². The van der Waals surface area contributed by atoms with E-state index in [1.165, 1.54) is 0 Å². The third kappa shape index (κ3) is 2.81. The standard InChI is InChI=1S/C15H14BN3O2/c20-16(21)19-17-11-14(12-7-3-1-4-8-12)15(18-19)13-9-5-2-6-10-13/h1-11,17,20-21H. The second-order valence-corrected chi connectivity index (χ2v) is 4.56. The van der Waals surface area contributed by atoms with Crippen LogP contribution < -0.4 is 5.43 Å². The Balaban J connectivity index is 2.06. The molecule has 3 rings (SSSR count). The minimum Gasteiger partial charge on any atom is -0.406 e. The number of benzene rings is 2. The lowest BCUT2D eigenvalue weighted by molar-refractivity contribution is 0.244. The Morgan fingerprint density at radius 2 is 1.43 bits per heavy atom. The largest absolute Gasteiger partial charge is 0.625 e. The molecule has 0 amide bonds. The van der Waals surface area contributed by atoms with Gasteiger partial charge in [0.2, 0.25) is 0 Å². The molecule has 0 saturated carbocycles. The highest BCUT2D eigenvalue weighted by Gasteiger charge is 2.25. The van der Waals surface area contributed by atoms with E-state index in [0.717, 1.165) is 21.7 Å². The molecule has 3 N–H and O–H groups in total. The van der Waals surface area contributed by atoms with E-state index in [2.05, 4.69) is 10.5 Å². The van der Waals surface area contributed by atoms with Gasteiger partial charge in [-0.1, -0.05) is 60.7 Å². The summed E-state index contributed by atoms with van der Waals surface area (Å²) in [6, 6.07) is 19.4. The maximum Gasteiger partial charge on any atom is 0.625 e. The van der Waals surface area contributed by atoms with Crippen LogP contribution in [0.4, 0.5) is 0 Å². The predicted octanol–water partition coefficient (Wildman–Crippen LogP) is 1.22. The Morgan fingerprint density at radius 3 is 2.00 bits per heavy atom. The zero-order valence-corrected chi connectivity index (χ0v) is 11.2. The normalized spacial score (nSPS) is 14.1. The number of nitrogens with zero attached hydrogens (tertiary/aromatic N) is 2. The summed E-state index contributed by atoms with van der Waals surface area (Å²) in [6.45, 7) is 0. The Morgan fingerprint density at radius 1 is 0.857 bits per heavy atom. The first-order chi connectivity index (χ1) is 10.3. The summed E-state index contributed by atoms with van der Waals surface area (Å²) in [5.41, 5.74) is 6.22. The molecule has 0 radical (unpaired) electrons. The number of nitrogens with one attached hydrogen (secondary N) is 1. The molecule has 0 bridgehead atoms. The fourth-order valence-electron chi connectivity index (χ4n) is 2.15. The van der Waals surface area contributed by atoms with Crippen molar-refractivity contribution in [3.8, 4) is 0 Å². The summed E-state index contributed by atoms with van der Waals surface area (Å²) in [5.74, 6) is 0. The van der Waals surface area contributed by atoms with Crippen LogP contribution in [-0.4, -0.2) is 28.0 Å². The average molecular weight is 279 g/mol. The van der Waals surface area contributed by atoms with E-state index in [-0.39, 0.29) is 0 Å². The minimum atomic E-state index is -1.71. The van der Waals surface area contributed by atoms with E-state index in [9.17, 15) is 10.0 Å². The van der Waals surface area contributed by atoms with E-state index < -0.39 is 7.25 Å². The van der Waals surface area contributed by atoms with Crippen LogP contribution in [-0.2, 0) is 0 Å². The van der Waals surface area contributed by atoms with Crippen LogP contribution in [0.1, 0.15) is 11.1 Å². The molecule has 0 aliphatic carbocycles. The van der Waals surface area contributed by atoms with Crippen LogP contribution >= 0.6 is 0 Å². The summed E-state index contributed by atoms with van der Waals surface area (Å²) in [7, 11) is -1.71. The summed E-state index contributed by atoms with van der Waals surface area (Å²) in [5, 5.41) is 23.8. The number of allylic oxidation sites excluding steroid dienone is 1. The van der Waals surface area contributed by atoms with Gasteiger partial charge in [0.05, 0.1) is 0 Å². The molecular formula is C15H14BN3O2. The summed E-state index contributed by atoms with van der Waals surface area (Å²) in [4.78, 5) is 0. The fraction of sp³-hybridized carbons (Fsp3) is 0. The predicted molar refractivity (Wildman–Crippen MR) is 82.6 cm³/mol. The van der Waals surface area contributed by atoms with Gasteiger partial charge in [-0.25, -0.2) is 0 Å². The number of hydrazine groups is 1. The van der Waals surface area contributed by atoms with Crippen molar-refractivity contribution in [3.05, 3.63) is 78.0 Å². The van der Waals surface area contributed by atoms with Crippen molar-refractivity contribution < 1.29 is 10.0 Å². The lowest BCUT2D eigenvalue weighted by Crippen LogP contribution is -2.45. The molecule has 0 fully saturated rings. The average Bonchev–Trinajstić information content (AvgIpc) is 2.56. The number of hydrazone groups is 1. The van der Waals surface area contributed by atoms with E-state index in [1.807, 2.05) is 60.7 Å². The fourth-order valence-corrected chi connectivity index (χ4v) is 2.15. The van der Waals surface area contributed by atoms with E-state index in [1.54, 1.807) is 6.20 Å². The molecule has 0 saturated heterocycles. The van der Waals surface area contributed by atoms with Crippen LogP contribution in [0, 0.1) is 0 Å². The van der Waals surface area contributed by atoms with Gasteiger partial charge in [-0.2, -0.15) is 10.1 Å². The van der Waals surface area contributed by atoms with Gasteiger partial charge in [-0.3, -0.25) is 5.43 Å². The lowest BCUT2D eigenvalue weighted by Gasteiger charge is -2.25. The van der Waals surface area contributed by atoms with Crippen LogP contribution in [0.2, 0.25) is 0 Å². The molecule has 104 valence electrons. The second-order valence-electron chi connectivity index (χ2n) is 4.56. The molecule has 1 aliphatic rings. The summed E-state index contributed by atoms with van der Waals surface area (Å²) >= 11 is 0. The van der Waals surface area contributed by atoms with Crippen molar-refractivity contribution in [1.82, 2.24) is 10.5 Å². The SMILES string of the molecule is OB(O)N1N=C(c2ccccc2)C(c2ccccc2)=CN1. The highest BCUT2D eigenvalue weighted by Crippen LogP contribution is 2.22. The first-order valence-electron chi connectivity index (χ1n) is 6.57. The Hall–Kier alpha value is -2.57. The van der Waals surface area contributed by atoms with E-state index in [0.29, 0.717) is 5.71 Å². The molecule has 21 heavy (non-hydrogen) atoms. The van der Waals surface area contributed by atoms with Gasteiger partial charge in [0.15, 0.2) is 0 Å². The van der Waals surface area contributed by atoms with Crippen LogP contribution in [0.25, 0.3) is 5.57 Å². The van der Waals surface area contributed by atoms with Gasteiger partial charge < -0.3 is 10.0 Å².